The number of methoxy groups -OCH3 is 1. The lowest BCUT2D eigenvalue weighted by Crippen LogP contribution is -2.01. The highest BCUT2D eigenvalue weighted by Crippen LogP contribution is 2.28. The lowest BCUT2D eigenvalue weighted by Gasteiger charge is -2.11. The fourth-order valence-electron chi connectivity index (χ4n) is 1.65. The van der Waals surface area contributed by atoms with Gasteiger partial charge in [-0.2, -0.15) is 0 Å². The van der Waals surface area contributed by atoms with Crippen LogP contribution in [-0.4, -0.2) is 12.2 Å². The van der Waals surface area contributed by atoms with E-state index in [0.717, 1.165) is 15.8 Å². The zero-order valence-electron chi connectivity index (χ0n) is 9.69. The molecule has 1 aromatic carbocycles. The molecule has 1 aromatic heterocycles. The van der Waals surface area contributed by atoms with Gasteiger partial charge in [-0.25, -0.2) is 0 Å². The summed E-state index contributed by atoms with van der Waals surface area (Å²) in [5, 5.41) is 10.1. The van der Waals surface area contributed by atoms with E-state index in [4.69, 9.17) is 9.15 Å². The largest absolute Gasteiger partial charge is 0.497 e. The number of hydrogen-bond acceptors (Lipinski definition) is 3. The monoisotopic (exact) mass is 374 g/mol. The molecule has 0 saturated heterocycles. The van der Waals surface area contributed by atoms with Gasteiger partial charge in [-0.05, 0) is 51.8 Å². The summed E-state index contributed by atoms with van der Waals surface area (Å²) in [4.78, 5) is 0. The van der Waals surface area contributed by atoms with Crippen LogP contribution in [-0.2, 0) is 6.42 Å². The standard InChI is InChI=1S/C13H12Br2O3/c1-17-9-2-3-10(14)8(6-9)7-11(16)12-4-5-13(15)18-12/h2-6,11,16H,7H2,1H3. The van der Waals surface area contributed by atoms with Gasteiger partial charge in [0, 0.05) is 10.9 Å². The molecule has 0 saturated carbocycles. The summed E-state index contributed by atoms with van der Waals surface area (Å²) in [6, 6.07) is 9.18. The Labute approximate surface area is 122 Å². The SMILES string of the molecule is COc1ccc(Br)c(CC(O)c2ccc(Br)o2)c1. The summed E-state index contributed by atoms with van der Waals surface area (Å²) in [6.45, 7) is 0. The van der Waals surface area contributed by atoms with Crippen LogP contribution in [0.2, 0.25) is 0 Å². The molecule has 0 aliphatic heterocycles. The molecule has 3 nitrogen and oxygen atoms in total. The summed E-state index contributed by atoms with van der Waals surface area (Å²) in [6.07, 6.45) is -0.225. The maximum absolute atomic E-state index is 10.1. The van der Waals surface area contributed by atoms with Crippen LogP contribution in [0.4, 0.5) is 0 Å². The molecule has 0 spiro atoms. The van der Waals surface area contributed by atoms with Crippen molar-refractivity contribution in [3.63, 3.8) is 0 Å². The van der Waals surface area contributed by atoms with Crippen LogP contribution in [0.5, 0.6) is 5.75 Å². The first kappa shape index (κ1) is 13.6. The van der Waals surface area contributed by atoms with Crippen LogP contribution in [0.1, 0.15) is 17.4 Å². The molecule has 0 aliphatic rings. The van der Waals surface area contributed by atoms with E-state index in [1.807, 2.05) is 18.2 Å². The molecule has 1 atom stereocenters. The van der Waals surface area contributed by atoms with E-state index in [-0.39, 0.29) is 0 Å². The van der Waals surface area contributed by atoms with E-state index >= 15 is 0 Å². The fraction of sp³-hybridized carbons (Fsp3) is 0.231. The Bertz CT molecular complexity index is 537. The number of ether oxygens (including phenoxy) is 1. The zero-order chi connectivity index (χ0) is 13.1. The van der Waals surface area contributed by atoms with Crippen molar-refractivity contribution in [2.45, 2.75) is 12.5 Å². The van der Waals surface area contributed by atoms with Crippen LogP contribution in [0.25, 0.3) is 0 Å². The molecule has 2 rings (SSSR count). The Morgan fingerprint density at radius 1 is 1.28 bits per heavy atom. The van der Waals surface area contributed by atoms with Crippen LogP contribution in [0.15, 0.2) is 43.9 Å². The summed E-state index contributed by atoms with van der Waals surface area (Å²) in [7, 11) is 1.62. The van der Waals surface area contributed by atoms with Crippen molar-refractivity contribution in [1.29, 1.82) is 0 Å². The summed E-state index contributed by atoms with van der Waals surface area (Å²) in [5.41, 5.74) is 0.967. The van der Waals surface area contributed by atoms with Crippen LogP contribution in [0.3, 0.4) is 0 Å². The smallest absolute Gasteiger partial charge is 0.169 e. The Kier molecular flexibility index (Phi) is 4.48. The van der Waals surface area contributed by atoms with Crippen LogP contribution in [0, 0.1) is 0 Å². The summed E-state index contributed by atoms with van der Waals surface area (Å²) in [5.74, 6) is 1.30. The van der Waals surface area contributed by atoms with Crippen LogP contribution >= 0.6 is 31.9 Å². The van der Waals surface area contributed by atoms with E-state index in [2.05, 4.69) is 31.9 Å². The molecule has 2 aromatic rings. The molecule has 18 heavy (non-hydrogen) atoms. The van der Waals surface area contributed by atoms with Gasteiger partial charge >= 0.3 is 0 Å². The highest BCUT2D eigenvalue weighted by molar-refractivity contribution is 9.10. The lowest BCUT2D eigenvalue weighted by molar-refractivity contribution is 0.148. The van der Waals surface area contributed by atoms with E-state index in [1.165, 1.54) is 0 Å². The van der Waals surface area contributed by atoms with Crippen molar-refractivity contribution in [2.24, 2.45) is 0 Å². The number of furan rings is 1. The first-order valence-electron chi connectivity index (χ1n) is 5.36. The Morgan fingerprint density at radius 2 is 2.06 bits per heavy atom. The minimum atomic E-state index is -0.681. The van der Waals surface area contributed by atoms with E-state index in [9.17, 15) is 5.11 Å². The number of aliphatic hydroxyl groups excluding tert-OH is 1. The third-order valence-corrected chi connectivity index (χ3v) is 3.79. The van der Waals surface area contributed by atoms with Gasteiger partial charge in [0.1, 0.15) is 17.6 Å². The second-order valence-electron chi connectivity index (χ2n) is 3.82. The predicted octanol–water partition coefficient (Wildman–Crippen LogP) is 4.09. The number of aliphatic hydroxyl groups is 1. The van der Waals surface area contributed by atoms with Crippen molar-refractivity contribution < 1.29 is 14.3 Å². The molecule has 0 fully saturated rings. The second kappa shape index (κ2) is 5.91. The lowest BCUT2D eigenvalue weighted by atomic mass is 10.1. The van der Waals surface area contributed by atoms with Gasteiger partial charge in [-0.15, -0.1) is 0 Å². The Balaban J connectivity index is 2.18. The normalized spacial score (nSPS) is 12.4. The van der Waals surface area contributed by atoms with E-state index in [0.29, 0.717) is 16.9 Å². The quantitative estimate of drug-likeness (QED) is 0.875. The minimum absolute atomic E-state index is 0.456. The van der Waals surface area contributed by atoms with Gasteiger partial charge in [0.05, 0.1) is 7.11 Å². The summed E-state index contributed by atoms with van der Waals surface area (Å²) < 4.78 is 12.1. The topological polar surface area (TPSA) is 42.6 Å². The third kappa shape index (κ3) is 3.16. The number of halogens is 2. The molecule has 0 aliphatic carbocycles. The van der Waals surface area contributed by atoms with E-state index in [1.54, 1.807) is 19.2 Å². The van der Waals surface area contributed by atoms with Gasteiger partial charge < -0.3 is 14.3 Å². The van der Waals surface area contributed by atoms with Crippen molar-refractivity contribution >= 4 is 31.9 Å². The number of rotatable bonds is 4. The molecule has 1 N–H and O–H groups in total. The summed E-state index contributed by atoms with van der Waals surface area (Å²) >= 11 is 6.68. The van der Waals surface area contributed by atoms with Crippen molar-refractivity contribution in [3.8, 4) is 5.75 Å². The predicted molar refractivity (Wildman–Crippen MR) is 75.8 cm³/mol. The minimum Gasteiger partial charge on any atom is -0.497 e. The Morgan fingerprint density at radius 3 is 2.67 bits per heavy atom. The van der Waals surface area contributed by atoms with Crippen molar-refractivity contribution in [3.05, 3.63) is 50.8 Å². The molecular formula is C13H12Br2O3. The maximum atomic E-state index is 10.1. The Hall–Kier alpha value is -0.780. The molecule has 0 amide bonds. The van der Waals surface area contributed by atoms with Crippen LogP contribution < -0.4 is 4.74 Å². The highest BCUT2D eigenvalue weighted by atomic mass is 79.9. The van der Waals surface area contributed by atoms with Gasteiger partial charge in [-0.1, -0.05) is 15.9 Å². The molecule has 1 heterocycles. The zero-order valence-corrected chi connectivity index (χ0v) is 12.9. The molecule has 5 heteroatoms. The van der Waals surface area contributed by atoms with Gasteiger partial charge in [0.15, 0.2) is 4.67 Å². The molecule has 0 bridgehead atoms. The highest BCUT2D eigenvalue weighted by Gasteiger charge is 2.14. The van der Waals surface area contributed by atoms with Crippen molar-refractivity contribution in [2.75, 3.05) is 7.11 Å². The number of benzene rings is 1. The molecule has 96 valence electrons. The van der Waals surface area contributed by atoms with Gasteiger partial charge in [0.25, 0.3) is 0 Å². The van der Waals surface area contributed by atoms with E-state index < -0.39 is 6.10 Å². The fourth-order valence-corrected chi connectivity index (χ4v) is 2.38. The van der Waals surface area contributed by atoms with Gasteiger partial charge in [-0.3, -0.25) is 0 Å². The second-order valence-corrected chi connectivity index (χ2v) is 5.46. The first-order valence-corrected chi connectivity index (χ1v) is 6.94. The molecule has 1 unspecified atom stereocenters. The van der Waals surface area contributed by atoms with Crippen molar-refractivity contribution in [1.82, 2.24) is 0 Å². The average molecular weight is 376 g/mol. The maximum Gasteiger partial charge on any atom is 0.169 e. The first-order chi connectivity index (χ1) is 8.60. The van der Waals surface area contributed by atoms with Gasteiger partial charge in [0.2, 0.25) is 0 Å². The number of hydrogen-bond donors (Lipinski definition) is 1. The molecular weight excluding hydrogens is 364 g/mol. The molecule has 0 radical (unpaired) electrons. The third-order valence-electron chi connectivity index (χ3n) is 2.59. The average Bonchev–Trinajstić information content (AvgIpc) is 2.79.